The summed E-state index contributed by atoms with van der Waals surface area (Å²) in [6.45, 7) is 12.1. The van der Waals surface area contributed by atoms with E-state index in [2.05, 4.69) is 27.7 Å². The molecule has 0 aromatic carbocycles. The normalized spacial score (nSPS) is 26.4. The monoisotopic (exact) mass is 282 g/mol. The Kier molecular flexibility index (Phi) is 4.33. The molecule has 1 saturated carbocycles. The van der Waals surface area contributed by atoms with Gasteiger partial charge in [0.15, 0.2) is 0 Å². The maximum Gasteiger partial charge on any atom is 0.320 e. The van der Waals surface area contributed by atoms with E-state index >= 15 is 0 Å². The number of hydrogen-bond acceptors (Lipinski definition) is 2. The molecular weight excluding hydrogens is 252 g/mol. The van der Waals surface area contributed by atoms with Crippen LogP contribution in [0.2, 0.25) is 0 Å². The molecule has 20 heavy (non-hydrogen) atoms. The fourth-order valence-corrected chi connectivity index (χ4v) is 4.20. The first-order valence-corrected chi connectivity index (χ1v) is 7.80. The third kappa shape index (κ3) is 3.66. The van der Waals surface area contributed by atoms with Crippen molar-refractivity contribution < 1.29 is 9.53 Å². The highest BCUT2D eigenvalue weighted by molar-refractivity contribution is 5.74. The number of carbonyl (C=O) groups is 1. The fourth-order valence-electron chi connectivity index (χ4n) is 4.20. The van der Waals surface area contributed by atoms with Gasteiger partial charge in [-0.2, -0.15) is 0 Å². The van der Waals surface area contributed by atoms with E-state index in [4.69, 9.17) is 4.74 Å². The maximum absolute atomic E-state index is 12.6. The van der Waals surface area contributed by atoms with Crippen LogP contribution in [-0.4, -0.2) is 55.2 Å². The van der Waals surface area contributed by atoms with Gasteiger partial charge in [0, 0.05) is 26.2 Å². The molecule has 0 aromatic rings. The smallest absolute Gasteiger partial charge is 0.320 e. The minimum Gasteiger partial charge on any atom is -0.378 e. The molecule has 2 amide bonds. The van der Waals surface area contributed by atoms with Crippen molar-refractivity contribution in [1.29, 1.82) is 0 Å². The van der Waals surface area contributed by atoms with Gasteiger partial charge in [0.1, 0.15) is 0 Å². The summed E-state index contributed by atoms with van der Waals surface area (Å²) in [5.74, 6) is 0. The SMILES string of the molecule is CN(C(=O)N1CCOCC1)C1CC(C)(C)CC(C)(C)C1. The second-order valence-electron chi connectivity index (χ2n) is 8.06. The number of amides is 2. The summed E-state index contributed by atoms with van der Waals surface area (Å²) in [4.78, 5) is 16.5. The minimum atomic E-state index is 0.173. The lowest BCUT2D eigenvalue weighted by atomic mass is 9.63. The molecule has 0 spiro atoms. The maximum atomic E-state index is 12.6. The van der Waals surface area contributed by atoms with E-state index < -0.39 is 0 Å². The van der Waals surface area contributed by atoms with Gasteiger partial charge in [-0.15, -0.1) is 0 Å². The fraction of sp³-hybridized carbons (Fsp3) is 0.938. The summed E-state index contributed by atoms with van der Waals surface area (Å²) in [5.41, 5.74) is 0.623. The number of carbonyl (C=O) groups excluding carboxylic acids is 1. The Balaban J connectivity index is 2.03. The zero-order valence-corrected chi connectivity index (χ0v) is 13.7. The molecule has 0 radical (unpaired) electrons. The highest BCUT2D eigenvalue weighted by Gasteiger charge is 2.41. The Morgan fingerprint density at radius 3 is 2.10 bits per heavy atom. The second-order valence-corrected chi connectivity index (χ2v) is 8.06. The molecule has 0 N–H and O–H groups in total. The van der Waals surface area contributed by atoms with Gasteiger partial charge < -0.3 is 14.5 Å². The minimum absolute atomic E-state index is 0.173. The van der Waals surface area contributed by atoms with Crippen LogP contribution >= 0.6 is 0 Å². The average Bonchev–Trinajstić information content (AvgIpc) is 2.34. The van der Waals surface area contributed by atoms with Gasteiger partial charge in [0.25, 0.3) is 0 Å². The highest BCUT2D eigenvalue weighted by atomic mass is 16.5. The summed E-state index contributed by atoms with van der Waals surface area (Å²) in [5, 5.41) is 0. The predicted octanol–water partition coefficient (Wildman–Crippen LogP) is 2.98. The average molecular weight is 282 g/mol. The Hall–Kier alpha value is -0.770. The molecule has 116 valence electrons. The summed E-state index contributed by atoms with van der Waals surface area (Å²) in [6.07, 6.45) is 3.43. The van der Waals surface area contributed by atoms with Gasteiger partial charge >= 0.3 is 6.03 Å². The quantitative estimate of drug-likeness (QED) is 0.740. The molecule has 0 atom stereocenters. The van der Waals surface area contributed by atoms with E-state index in [1.165, 1.54) is 6.42 Å². The van der Waals surface area contributed by atoms with E-state index in [0.29, 0.717) is 30.1 Å². The Labute approximate surface area is 123 Å². The summed E-state index contributed by atoms with van der Waals surface area (Å²) in [6, 6.07) is 0.524. The van der Waals surface area contributed by atoms with Crippen LogP contribution in [0.25, 0.3) is 0 Å². The molecule has 0 bridgehead atoms. The van der Waals surface area contributed by atoms with Crippen LogP contribution in [0.1, 0.15) is 47.0 Å². The number of rotatable bonds is 1. The predicted molar refractivity (Wildman–Crippen MR) is 80.8 cm³/mol. The summed E-state index contributed by atoms with van der Waals surface area (Å²) < 4.78 is 5.33. The van der Waals surface area contributed by atoms with Crippen LogP contribution in [0.4, 0.5) is 4.79 Å². The van der Waals surface area contributed by atoms with Crippen molar-refractivity contribution >= 4 is 6.03 Å². The number of morpholine rings is 1. The largest absolute Gasteiger partial charge is 0.378 e. The van der Waals surface area contributed by atoms with Crippen molar-refractivity contribution in [2.45, 2.75) is 53.0 Å². The molecule has 2 aliphatic rings. The van der Waals surface area contributed by atoms with Crippen LogP contribution in [0, 0.1) is 10.8 Å². The lowest BCUT2D eigenvalue weighted by Crippen LogP contribution is -2.53. The van der Waals surface area contributed by atoms with Gasteiger partial charge in [-0.3, -0.25) is 0 Å². The van der Waals surface area contributed by atoms with Gasteiger partial charge in [0.2, 0.25) is 0 Å². The van der Waals surface area contributed by atoms with E-state index in [1.54, 1.807) is 0 Å². The standard InChI is InChI=1S/C16H30N2O2/c1-15(2)10-13(11-16(3,4)12-15)17(5)14(19)18-6-8-20-9-7-18/h13H,6-12H2,1-5H3. The van der Waals surface area contributed by atoms with Crippen molar-refractivity contribution in [2.24, 2.45) is 10.8 Å². The molecule has 4 heteroatoms. The zero-order valence-electron chi connectivity index (χ0n) is 13.7. The lowest BCUT2D eigenvalue weighted by molar-refractivity contribution is 0.0195. The highest BCUT2D eigenvalue weighted by Crippen LogP contribution is 2.47. The van der Waals surface area contributed by atoms with Crippen LogP contribution in [-0.2, 0) is 4.74 Å². The molecule has 1 saturated heterocycles. The number of hydrogen-bond donors (Lipinski definition) is 0. The van der Waals surface area contributed by atoms with Crippen LogP contribution in [0.3, 0.4) is 0 Å². The van der Waals surface area contributed by atoms with E-state index in [1.807, 2.05) is 16.8 Å². The molecule has 2 fully saturated rings. The second kappa shape index (κ2) is 5.55. The van der Waals surface area contributed by atoms with Gasteiger partial charge in [-0.1, -0.05) is 27.7 Å². The van der Waals surface area contributed by atoms with E-state index in [9.17, 15) is 4.79 Å². The third-order valence-electron chi connectivity index (χ3n) is 4.66. The van der Waals surface area contributed by atoms with Crippen molar-refractivity contribution in [3.8, 4) is 0 Å². The molecule has 1 aliphatic heterocycles. The van der Waals surface area contributed by atoms with Crippen molar-refractivity contribution in [3.63, 3.8) is 0 Å². The Bertz CT molecular complexity index is 343. The van der Waals surface area contributed by atoms with Gasteiger partial charge in [0.05, 0.1) is 13.2 Å². The van der Waals surface area contributed by atoms with Crippen LogP contribution in [0.5, 0.6) is 0 Å². The zero-order chi connectivity index (χ0) is 15.0. The lowest BCUT2D eigenvalue weighted by Gasteiger charge is -2.48. The Morgan fingerprint density at radius 1 is 1.10 bits per heavy atom. The van der Waals surface area contributed by atoms with Crippen LogP contribution < -0.4 is 0 Å². The Morgan fingerprint density at radius 2 is 1.60 bits per heavy atom. The van der Waals surface area contributed by atoms with Crippen molar-refractivity contribution in [3.05, 3.63) is 0 Å². The summed E-state index contributed by atoms with van der Waals surface area (Å²) in [7, 11) is 1.97. The first-order chi connectivity index (χ1) is 9.20. The molecule has 1 heterocycles. The number of urea groups is 1. The molecule has 4 nitrogen and oxygen atoms in total. The first-order valence-electron chi connectivity index (χ1n) is 7.80. The van der Waals surface area contributed by atoms with Gasteiger partial charge in [-0.25, -0.2) is 4.79 Å². The number of nitrogens with zero attached hydrogens (tertiary/aromatic N) is 2. The third-order valence-corrected chi connectivity index (χ3v) is 4.66. The topological polar surface area (TPSA) is 32.8 Å². The van der Waals surface area contributed by atoms with Gasteiger partial charge in [-0.05, 0) is 30.1 Å². The van der Waals surface area contributed by atoms with Crippen molar-refractivity contribution in [2.75, 3.05) is 33.4 Å². The van der Waals surface area contributed by atoms with E-state index in [-0.39, 0.29) is 6.03 Å². The molecule has 2 rings (SSSR count). The molecule has 0 aromatic heterocycles. The van der Waals surface area contributed by atoms with Crippen LogP contribution in [0.15, 0.2) is 0 Å². The van der Waals surface area contributed by atoms with E-state index in [0.717, 1.165) is 25.9 Å². The van der Waals surface area contributed by atoms with Crippen molar-refractivity contribution in [1.82, 2.24) is 9.80 Å². The number of ether oxygens (including phenoxy) is 1. The first kappa shape index (κ1) is 15.6. The molecular formula is C16H30N2O2. The molecule has 0 unspecified atom stereocenters. The molecule has 1 aliphatic carbocycles. The summed E-state index contributed by atoms with van der Waals surface area (Å²) >= 11 is 0.